The Morgan fingerprint density at radius 1 is 1.07 bits per heavy atom. The summed E-state index contributed by atoms with van der Waals surface area (Å²) < 4.78 is 4.56. The van der Waals surface area contributed by atoms with Crippen molar-refractivity contribution in [2.45, 2.75) is 31.7 Å². The second kappa shape index (κ2) is 8.19. The molecule has 2 heterocycles. The number of carbonyl (C=O) groups is 1. The van der Waals surface area contributed by atoms with E-state index in [1.165, 1.54) is 22.7 Å². The Balaban J connectivity index is 1.19. The Kier molecular flexibility index (Phi) is 5.25. The summed E-state index contributed by atoms with van der Waals surface area (Å²) in [6.45, 7) is 4.54. The van der Waals surface area contributed by atoms with E-state index in [1.54, 1.807) is 0 Å². The first kappa shape index (κ1) is 19.2. The average molecular weight is 419 g/mol. The van der Waals surface area contributed by atoms with Gasteiger partial charge >= 0.3 is 0 Å². The third-order valence-electron chi connectivity index (χ3n) is 6.18. The number of benzene rings is 2. The molecule has 1 aromatic heterocycles. The monoisotopic (exact) mass is 418 g/mol. The maximum atomic E-state index is 13.1. The van der Waals surface area contributed by atoms with Gasteiger partial charge in [0.1, 0.15) is 5.82 Å². The predicted molar refractivity (Wildman–Crippen MR) is 120 cm³/mol. The van der Waals surface area contributed by atoms with Gasteiger partial charge in [0, 0.05) is 49.5 Å². The van der Waals surface area contributed by atoms with Crippen molar-refractivity contribution in [3.8, 4) is 0 Å². The first-order chi connectivity index (χ1) is 14.7. The number of aromatic nitrogens is 2. The number of piperazine rings is 1. The number of amides is 1. The van der Waals surface area contributed by atoms with Gasteiger partial charge in [0.25, 0.3) is 0 Å². The first-order valence-corrected chi connectivity index (χ1v) is 11.4. The standard InChI is InChI=1S/C24H26N4OS/c1-17-16-27(24-25-22(26-30-24)14-18-8-4-2-5-9-18)12-13-28(17)23(29)21-15-20(21)19-10-6-3-7-11-19/h2-11,17,20-21H,12-16H2,1H3/t17-,20-,21+/m0/s1. The van der Waals surface area contributed by atoms with Crippen LogP contribution in [-0.2, 0) is 11.2 Å². The molecule has 3 atom stereocenters. The molecule has 6 heteroatoms. The zero-order valence-electron chi connectivity index (χ0n) is 17.1. The van der Waals surface area contributed by atoms with Crippen LogP contribution < -0.4 is 4.90 Å². The van der Waals surface area contributed by atoms with E-state index in [0.29, 0.717) is 11.8 Å². The fraction of sp³-hybridized carbons (Fsp3) is 0.375. The van der Waals surface area contributed by atoms with Gasteiger partial charge in [-0.3, -0.25) is 4.79 Å². The van der Waals surface area contributed by atoms with Gasteiger partial charge in [-0.2, -0.15) is 4.37 Å². The van der Waals surface area contributed by atoms with Gasteiger partial charge in [-0.1, -0.05) is 60.7 Å². The molecular weight excluding hydrogens is 392 g/mol. The van der Waals surface area contributed by atoms with E-state index >= 15 is 0 Å². The highest BCUT2D eigenvalue weighted by Gasteiger charge is 2.47. The van der Waals surface area contributed by atoms with Crippen LogP contribution in [0.4, 0.5) is 5.13 Å². The fourth-order valence-corrected chi connectivity index (χ4v) is 5.15. The summed E-state index contributed by atoms with van der Waals surface area (Å²) in [6.07, 6.45) is 1.74. The zero-order valence-corrected chi connectivity index (χ0v) is 18.0. The summed E-state index contributed by atoms with van der Waals surface area (Å²) in [5, 5.41) is 0.966. The lowest BCUT2D eigenvalue weighted by atomic mass is 10.1. The number of nitrogens with zero attached hydrogens (tertiary/aromatic N) is 4. The highest BCUT2D eigenvalue weighted by Crippen LogP contribution is 2.48. The fourth-order valence-electron chi connectivity index (χ4n) is 4.43. The highest BCUT2D eigenvalue weighted by molar-refractivity contribution is 7.09. The molecule has 0 radical (unpaired) electrons. The Morgan fingerprint density at radius 2 is 1.80 bits per heavy atom. The van der Waals surface area contributed by atoms with Crippen molar-refractivity contribution in [3.63, 3.8) is 0 Å². The van der Waals surface area contributed by atoms with Gasteiger partial charge in [0.05, 0.1) is 0 Å². The summed E-state index contributed by atoms with van der Waals surface area (Å²) in [7, 11) is 0. The predicted octanol–water partition coefficient (Wildman–Crippen LogP) is 3.97. The van der Waals surface area contributed by atoms with Crippen LogP contribution in [0.3, 0.4) is 0 Å². The Morgan fingerprint density at radius 3 is 2.53 bits per heavy atom. The number of rotatable bonds is 5. The Hall–Kier alpha value is -2.73. The van der Waals surface area contributed by atoms with E-state index in [1.807, 2.05) is 24.3 Å². The minimum Gasteiger partial charge on any atom is -0.343 e. The Labute approximate surface area is 181 Å². The molecule has 1 saturated carbocycles. The van der Waals surface area contributed by atoms with Crippen LogP contribution in [0.1, 0.15) is 36.2 Å². The van der Waals surface area contributed by atoms with E-state index in [2.05, 4.69) is 57.5 Å². The van der Waals surface area contributed by atoms with E-state index < -0.39 is 0 Å². The maximum absolute atomic E-state index is 13.1. The lowest BCUT2D eigenvalue weighted by Crippen LogP contribution is -2.54. The Bertz CT molecular complexity index is 1010. The van der Waals surface area contributed by atoms with Crippen molar-refractivity contribution in [2.75, 3.05) is 24.5 Å². The lowest BCUT2D eigenvalue weighted by molar-refractivity contribution is -0.135. The van der Waals surface area contributed by atoms with Crippen LogP contribution in [0.5, 0.6) is 0 Å². The first-order valence-electron chi connectivity index (χ1n) is 10.7. The summed E-state index contributed by atoms with van der Waals surface area (Å²) in [6, 6.07) is 20.9. The third kappa shape index (κ3) is 3.97. The van der Waals surface area contributed by atoms with Crippen LogP contribution in [0.2, 0.25) is 0 Å². The molecule has 2 aliphatic rings. The van der Waals surface area contributed by atoms with Crippen molar-refractivity contribution >= 4 is 22.6 Å². The van der Waals surface area contributed by atoms with Crippen LogP contribution >= 0.6 is 11.5 Å². The van der Waals surface area contributed by atoms with Crippen LogP contribution in [0.25, 0.3) is 0 Å². The van der Waals surface area contributed by atoms with Gasteiger partial charge in [-0.25, -0.2) is 4.98 Å². The minimum absolute atomic E-state index is 0.153. The normalized spacial score (nSPS) is 23.4. The van der Waals surface area contributed by atoms with Gasteiger partial charge in [0.2, 0.25) is 11.0 Å². The molecule has 2 aromatic carbocycles. The van der Waals surface area contributed by atoms with Crippen molar-refractivity contribution < 1.29 is 4.79 Å². The third-order valence-corrected chi connectivity index (χ3v) is 6.99. The largest absolute Gasteiger partial charge is 0.343 e. The smallest absolute Gasteiger partial charge is 0.226 e. The second-order valence-corrected chi connectivity index (χ2v) is 9.07. The molecule has 3 aromatic rings. The molecular formula is C24H26N4OS. The molecule has 1 aliphatic carbocycles. The van der Waals surface area contributed by atoms with Crippen molar-refractivity contribution in [3.05, 3.63) is 77.6 Å². The quantitative estimate of drug-likeness (QED) is 0.629. The van der Waals surface area contributed by atoms with Crippen molar-refractivity contribution in [1.29, 1.82) is 0 Å². The van der Waals surface area contributed by atoms with E-state index in [0.717, 1.165) is 43.4 Å². The van der Waals surface area contributed by atoms with E-state index in [9.17, 15) is 4.79 Å². The highest BCUT2D eigenvalue weighted by atomic mass is 32.1. The number of anilines is 1. The molecule has 1 amide bonds. The molecule has 1 saturated heterocycles. The molecule has 5 nitrogen and oxygen atoms in total. The minimum atomic E-state index is 0.153. The molecule has 1 aliphatic heterocycles. The lowest BCUT2D eigenvalue weighted by Gasteiger charge is -2.39. The van der Waals surface area contributed by atoms with Crippen LogP contribution in [0, 0.1) is 5.92 Å². The van der Waals surface area contributed by atoms with Gasteiger partial charge in [0.15, 0.2) is 0 Å². The molecule has 5 rings (SSSR count). The van der Waals surface area contributed by atoms with Crippen LogP contribution in [0.15, 0.2) is 60.7 Å². The SMILES string of the molecule is C[C@H]1CN(c2nc(Cc3ccccc3)ns2)CCN1C(=O)[C@@H]1C[C@H]1c1ccccc1. The molecule has 30 heavy (non-hydrogen) atoms. The summed E-state index contributed by atoms with van der Waals surface area (Å²) >= 11 is 1.46. The van der Waals surface area contributed by atoms with Gasteiger partial charge in [-0.05, 0) is 30.4 Å². The molecule has 0 unspecified atom stereocenters. The van der Waals surface area contributed by atoms with Gasteiger partial charge in [-0.15, -0.1) is 0 Å². The number of hydrogen-bond acceptors (Lipinski definition) is 5. The molecule has 0 spiro atoms. The number of carbonyl (C=O) groups excluding carboxylic acids is 1. The van der Waals surface area contributed by atoms with Gasteiger partial charge < -0.3 is 9.80 Å². The molecule has 0 bridgehead atoms. The zero-order chi connectivity index (χ0) is 20.5. The van der Waals surface area contributed by atoms with Crippen molar-refractivity contribution in [2.24, 2.45) is 5.92 Å². The van der Waals surface area contributed by atoms with E-state index in [-0.39, 0.29) is 12.0 Å². The summed E-state index contributed by atoms with van der Waals surface area (Å²) in [5.74, 6) is 1.74. The maximum Gasteiger partial charge on any atom is 0.226 e. The second-order valence-electron chi connectivity index (χ2n) is 8.34. The van der Waals surface area contributed by atoms with E-state index in [4.69, 9.17) is 4.98 Å². The molecule has 0 N–H and O–H groups in total. The average Bonchev–Trinajstić information content (AvgIpc) is 3.46. The number of hydrogen-bond donors (Lipinski definition) is 0. The van der Waals surface area contributed by atoms with Crippen LogP contribution in [-0.4, -0.2) is 45.8 Å². The van der Waals surface area contributed by atoms with Crippen molar-refractivity contribution in [1.82, 2.24) is 14.3 Å². The molecule has 154 valence electrons. The summed E-state index contributed by atoms with van der Waals surface area (Å²) in [5.41, 5.74) is 2.52. The molecule has 2 fully saturated rings. The topological polar surface area (TPSA) is 49.3 Å². The summed E-state index contributed by atoms with van der Waals surface area (Å²) in [4.78, 5) is 22.2.